The van der Waals surface area contributed by atoms with Crippen LogP contribution in [0.2, 0.25) is 0 Å². The summed E-state index contributed by atoms with van der Waals surface area (Å²) in [6, 6.07) is 14.3. The van der Waals surface area contributed by atoms with E-state index in [0.29, 0.717) is 13.2 Å². The number of amides is 1. The fourth-order valence-corrected chi connectivity index (χ4v) is 3.81. The van der Waals surface area contributed by atoms with E-state index in [1.165, 1.54) is 5.56 Å². The largest absolute Gasteiger partial charge is 0.492 e. The van der Waals surface area contributed by atoms with Gasteiger partial charge in [0.25, 0.3) is 0 Å². The zero-order valence-corrected chi connectivity index (χ0v) is 17.1. The monoisotopic (exact) mass is 397 g/mol. The fraction of sp³-hybridized carbons (Fsp3) is 0.478. The minimum atomic E-state index is -0.0872. The third kappa shape index (κ3) is 6.84. The lowest BCUT2D eigenvalue weighted by Gasteiger charge is -2.37. The molecule has 1 saturated heterocycles. The highest BCUT2D eigenvalue weighted by atomic mass is 16.5. The number of aliphatic hydroxyl groups excluding tert-OH is 1. The number of carbonyl (C=O) groups is 1. The fourth-order valence-electron chi connectivity index (χ4n) is 3.81. The van der Waals surface area contributed by atoms with Crippen molar-refractivity contribution >= 4 is 5.91 Å². The summed E-state index contributed by atoms with van der Waals surface area (Å²) >= 11 is 0. The number of aliphatic hydroxyl groups is 1. The molecule has 1 aliphatic rings. The zero-order chi connectivity index (χ0) is 20.5. The van der Waals surface area contributed by atoms with Gasteiger partial charge >= 0.3 is 0 Å². The van der Waals surface area contributed by atoms with E-state index in [-0.39, 0.29) is 24.3 Å². The topological polar surface area (TPSA) is 74.7 Å². The van der Waals surface area contributed by atoms with Crippen LogP contribution in [0.4, 0.5) is 0 Å². The predicted octanol–water partition coefficient (Wildman–Crippen LogP) is 2.06. The molecule has 0 spiro atoms. The second kappa shape index (κ2) is 10.9. The molecule has 6 nitrogen and oxygen atoms in total. The van der Waals surface area contributed by atoms with Crippen molar-refractivity contribution in [3.05, 3.63) is 59.9 Å². The Morgan fingerprint density at radius 1 is 1.24 bits per heavy atom. The summed E-state index contributed by atoms with van der Waals surface area (Å²) in [7, 11) is 0. The summed E-state index contributed by atoms with van der Waals surface area (Å²) in [5, 5.41) is 11.8. The van der Waals surface area contributed by atoms with Crippen LogP contribution < -0.4 is 10.1 Å². The highest BCUT2D eigenvalue weighted by Crippen LogP contribution is 2.24. The summed E-state index contributed by atoms with van der Waals surface area (Å²) in [6.45, 7) is 5.35. The van der Waals surface area contributed by atoms with E-state index in [1.54, 1.807) is 6.20 Å². The van der Waals surface area contributed by atoms with E-state index >= 15 is 0 Å². The van der Waals surface area contributed by atoms with E-state index < -0.39 is 0 Å². The van der Waals surface area contributed by atoms with Crippen LogP contribution >= 0.6 is 0 Å². The third-order valence-corrected chi connectivity index (χ3v) is 5.32. The zero-order valence-electron chi connectivity index (χ0n) is 17.1. The summed E-state index contributed by atoms with van der Waals surface area (Å²) in [6.07, 6.45) is 3.50. The van der Waals surface area contributed by atoms with Gasteiger partial charge in [-0.1, -0.05) is 30.3 Å². The van der Waals surface area contributed by atoms with Gasteiger partial charge in [0.2, 0.25) is 5.91 Å². The number of likely N-dealkylation sites (tertiary alicyclic amines) is 1. The number of aryl methyl sites for hydroxylation is 1. The van der Waals surface area contributed by atoms with E-state index in [1.807, 2.05) is 25.1 Å². The van der Waals surface area contributed by atoms with Crippen LogP contribution in [-0.4, -0.2) is 60.3 Å². The maximum atomic E-state index is 12.5. The molecule has 0 bridgehead atoms. The molecule has 0 unspecified atom stereocenters. The average molecular weight is 398 g/mol. The number of aromatic nitrogens is 1. The Morgan fingerprint density at radius 2 is 2.07 bits per heavy atom. The Morgan fingerprint density at radius 3 is 2.79 bits per heavy atom. The molecule has 0 radical (unpaired) electrons. The SMILES string of the molecule is Cc1ccc(OC[C@H]2C[C@@H](C(=O)NCCO)CN(CCc3ccccc3)C2)cn1. The molecule has 1 aromatic heterocycles. The van der Waals surface area contributed by atoms with Gasteiger partial charge in [0.15, 0.2) is 0 Å². The van der Waals surface area contributed by atoms with Crippen LogP contribution in [0.3, 0.4) is 0 Å². The minimum Gasteiger partial charge on any atom is -0.492 e. The molecule has 2 N–H and O–H groups in total. The van der Waals surface area contributed by atoms with Crippen LogP contribution in [0, 0.1) is 18.8 Å². The van der Waals surface area contributed by atoms with Crippen molar-refractivity contribution in [2.75, 3.05) is 39.4 Å². The first kappa shape index (κ1) is 21.3. The summed E-state index contributed by atoms with van der Waals surface area (Å²) in [5.41, 5.74) is 2.26. The molecule has 29 heavy (non-hydrogen) atoms. The van der Waals surface area contributed by atoms with Gasteiger partial charge in [0.1, 0.15) is 5.75 Å². The molecule has 2 atom stereocenters. The minimum absolute atomic E-state index is 0.0189. The van der Waals surface area contributed by atoms with Gasteiger partial charge in [-0.05, 0) is 37.5 Å². The van der Waals surface area contributed by atoms with Crippen molar-refractivity contribution in [3.63, 3.8) is 0 Å². The van der Waals surface area contributed by atoms with Crippen molar-refractivity contribution in [2.45, 2.75) is 19.8 Å². The van der Waals surface area contributed by atoms with Crippen LogP contribution in [0.15, 0.2) is 48.7 Å². The molecule has 3 rings (SSSR count). The lowest BCUT2D eigenvalue weighted by molar-refractivity contribution is -0.127. The standard InChI is InChI=1S/C23H31N3O3/c1-18-7-8-22(14-25-18)29-17-20-13-21(23(28)24-10-12-27)16-26(15-20)11-9-19-5-3-2-4-6-19/h2-8,14,20-21,27H,9-13,15-17H2,1H3,(H,24,28)/t20-,21+/m0/s1. The molecule has 1 amide bonds. The molecule has 0 aliphatic carbocycles. The van der Waals surface area contributed by atoms with Gasteiger partial charge in [-0.15, -0.1) is 0 Å². The maximum Gasteiger partial charge on any atom is 0.224 e. The maximum absolute atomic E-state index is 12.5. The summed E-state index contributed by atoms with van der Waals surface area (Å²) in [5.74, 6) is 0.963. The van der Waals surface area contributed by atoms with Gasteiger partial charge < -0.3 is 20.1 Å². The Balaban J connectivity index is 1.59. The summed E-state index contributed by atoms with van der Waals surface area (Å²) in [4.78, 5) is 19.2. The second-order valence-corrected chi connectivity index (χ2v) is 7.75. The van der Waals surface area contributed by atoms with Crippen LogP contribution in [0.1, 0.15) is 17.7 Å². The number of hydrogen-bond donors (Lipinski definition) is 2. The van der Waals surface area contributed by atoms with Crippen LogP contribution in [0.5, 0.6) is 5.75 Å². The lowest BCUT2D eigenvalue weighted by atomic mass is 9.88. The number of benzene rings is 1. The van der Waals surface area contributed by atoms with Gasteiger partial charge in [-0.2, -0.15) is 0 Å². The number of nitrogens with one attached hydrogen (secondary N) is 1. The quantitative estimate of drug-likeness (QED) is 0.678. The normalized spacial score (nSPS) is 19.7. The molecule has 156 valence electrons. The average Bonchev–Trinajstić information content (AvgIpc) is 2.76. The molecular formula is C23H31N3O3. The van der Waals surface area contributed by atoms with E-state index in [0.717, 1.165) is 43.9 Å². The van der Waals surface area contributed by atoms with E-state index in [2.05, 4.69) is 39.5 Å². The third-order valence-electron chi connectivity index (χ3n) is 5.32. The number of rotatable bonds is 9. The smallest absolute Gasteiger partial charge is 0.224 e. The molecule has 6 heteroatoms. The number of hydrogen-bond acceptors (Lipinski definition) is 5. The number of pyridine rings is 1. The Hall–Kier alpha value is -2.44. The Kier molecular flexibility index (Phi) is 8.02. The summed E-state index contributed by atoms with van der Waals surface area (Å²) < 4.78 is 5.96. The van der Waals surface area contributed by atoms with E-state index in [9.17, 15) is 4.79 Å². The predicted molar refractivity (Wildman–Crippen MR) is 113 cm³/mol. The molecule has 2 aromatic rings. The van der Waals surface area contributed by atoms with Crippen LogP contribution in [-0.2, 0) is 11.2 Å². The van der Waals surface area contributed by atoms with Crippen molar-refractivity contribution in [2.24, 2.45) is 11.8 Å². The molecule has 2 heterocycles. The van der Waals surface area contributed by atoms with Gasteiger partial charge in [0.05, 0.1) is 25.3 Å². The number of ether oxygens (including phenoxy) is 1. The number of piperidine rings is 1. The highest BCUT2D eigenvalue weighted by molar-refractivity contribution is 5.79. The molecular weight excluding hydrogens is 366 g/mol. The molecule has 1 aromatic carbocycles. The van der Waals surface area contributed by atoms with Crippen molar-refractivity contribution in [3.8, 4) is 5.75 Å². The molecule has 0 saturated carbocycles. The van der Waals surface area contributed by atoms with Gasteiger partial charge in [-0.25, -0.2) is 0 Å². The first-order chi connectivity index (χ1) is 14.1. The number of carbonyl (C=O) groups excluding carboxylic acids is 1. The van der Waals surface area contributed by atoms with Crippen molar-refractivity contribution in [1.82, 2.24) is 15.2 Å². The first-order valence-corrected chi connectivity index (χ1v) is 10.3. The van der Waals surface area contributed by atoms with Crippen molar-refractivity contribution < 1.29 is 14.6 Å². The van der Waals surface area contributed by atoms with Crippen molar-refractivity contribution in [1.29, 1.82) is 0 Å². The van der Waals surface area contributed by atoms with Crippen LogP contribution in [0.25, 0.3) is 0 Å². The number of nitrogens with zero attached hydrogens (tertiary/aromatic N) is 2. The first-order valence-electron chi connectivity index (χ1n) is 10.3. The lowest BCUT2D eigenvalue weighted by Crippen LogP contribution is -2.48. The van der Waals surface area contributed by atoms with E-state index in [4.69, 9.17) is 9.84 Å². The van der Waals surface area contributed by atoms with Gasteiger partial charge in [0, 0.05) is 37.8 Å². The highest BCUT2D eigenvalue weighted by Gasteiger charge is 2.31. The second-order valence-electron chi connectivity index (χ2n) is 7.75. The Bertz CT molecular complexity index is 752. The molecule has 1 fully saturated rings. The molecule has 1 aliphatic heterocycles. The Labute approximate surface area is 172 Å². The van der Waals surface area contributed by atoms with Gasteiger partial charge in [-0.3, -0.25) is 9.78 Å².